The van der Waals surface area contributed by atoms with E-state index in [1.54, 1.807) is 0 Å². The van der Waals surface area contributed by atoms with Gasteiger partial charge in [-0.15, -0.1) is 0 Å². The highest BCUT2D eigenvalue weighted by Crippen LogP contribution is 2.12. The molecule has 0 bridgehead atoms. The van der Waals surface area contributed by atoms with Gasteiger partial charge in [-0.2, -0.15) is 10.1 Å². The second kappa shape index (κ2) is 5.56. The average Bonchev–Trinajstić information content (AvgIpc) is 3.19. The summed E-state index contributed by atoms with van der Waals surface area (Å²) in [7, 11) is 0. The molecule has 0 saturated heterocycles. The van der Waals surface area contributed by atoms with Crippen LogP contribution in [0.4, 0.5) is 5.95 Å². The zero-order chi connectivity index (χ0) is 15.6. The zero-order valence-corrected chi connectivity index (χ0v) is 12.3. The molecule has 0 spiro atoms. The fraction of sp³-hybridized carbons (Fsp3) is 0.200. The number of aromatic amines is 2. The van der Waals surface area contributed by atoms with Crippen LogP contribution in [0.1, 0.15) is 6.42 Å². The molecule has 23 heavy (non-hydrogen) atoms. The van der Waals surface area contributed by atoms with Gasteiger partial charge in [0.1, 0.15) is 5.39 Å². The van der Waals surface area contributed by atoms with Crippen molar-refractivity contribution in [2.24, 2.45) is 0 Å². The normalized spacial score (nSPS) is 11.3. The van der Waals surface area contributed by atoms with E-state index < -0.39 is 0 Å². The Morgan fingerprint density at radius 2 is 2.17 bits per heavy atom. The van der Waals surface area contributed by atoms with Gasteiger partial charge >= 0.3 is 0 Å². The van der Waals surface area contributed by atoms with Gasteiger partial charge in [0.25, 0.3) is 5.56 Å². The van der Waals surface area contributed by atoms with Crippen molar-refractivity contribution >= 4 is 28.0 Å². The number of nitrogens with one attached hydrogen (secondary N) is 3. The molecule has 0 radical (unpaired) electrons. The second-order valence-electron chi connectivity index (χ2n) is 5.25. The van der Waals surface area contributed by atoms with Gasteiger partial charge in [0.15, 0.2) is 5.65 Å². The minimum atomic E-state index is -0.202. The van der Waals surface area contributed by atoms with Gasteiger partial charge in [0, 0.05) is 13.1 Å². The Morgan fingerprint density at radius 1 is 1.26 bits per heavy atom. The number of para-hydroxylation sites is 2. The van der Waals surface area contributed by atoms with Crippen LogP contribution in [0.2, 0.25) is 0 Å². The van der Waals surface area contributed by atoms with Crippen molar-refractivity contribution in [1.82, 2.24) is 29.7 Å². The minimum absolute atomic E-state index is 0.202. The fourth-order valence-corrected chi connectivity index (χ4v) is 2.57. The first-order chi connectivity index (χ1) is 11.3. The summed E-state index contributed by atoms with van der Waals surface area (Å²) >= 11 is 0. The molecule has 0 amide bonds. The summed E-state index contributed by atoms with van der Waals surface area (Å²) in [4.78, 5) is 23.2. The number of H-pyrrole nitrogens is 2. The van der Waals surface area contributed by atoms with Crippen LogP contribution >= 0.6 is 0 Å². The van der Waals surface area contributed by atoms with Gasteiger partial charge in [0.2, 0.25) is 5.95 Å². The summed E-state index contributed by atoms with van der Waals surface area (Å²) in [6, 6.07) is 8.04. The summed E-state index contributed by atoms with van der Waals surface area (Å²) in [6.45, 7) is 1.53. The third kappa shape index (κ3) is 2.54. The van der Waals surface area contributed by atoms with Crippen molar-refractivity contribution in [3.05, 3.63) is 47.1 Å². The number of hydrogen-bond donors (Lipinski definition) is 3. The molecule has 0 aliphatic heterocycles. The first-order valence-electron chi connectivity index (χ1n) is 7.38. The lowest BCUT2D eigenvalue weighted by Gasteiger charge is -2.06. The molecule has 0 aliphatic carbocycles. The van der Waals surface area contributed by atoms with Gasteiger partial charge in [-0.1, -0.05) is 12.1 Å². The third-order valence-electron chi connectivity index (χ3n) is 3.71. The maximum Gasteiger partial charge on any atom is 0.263 e. The lowest BCUT2D eigenvalue weighted by atomic mass is 10.3. The lowest BCUT2D eigenvalue weighted by molar-refractivity contribution is 0.675. The summed E-state index contributed by atoms with van der Waals surface area (Å²) < 4.78 is 2.12. The maximum absolute atomic E-state index is 11.8. The topological polar surface area (TPSA) is 104 Å². The molecule has 8 nitrogen and oxygen atoms in total. The van der Waals surface area contributed by atoms with Crippen molar-refractivity contribution < 1.29 is 0 Å². The monoisotopic (exact) mass is 309 g/mol. The van der Waals surface area contributed by atoms with Crippen LogP contribution in [-0.4, -0.2) is 36.3 Å². The first-order valence-corrected chi connectivity index (χ1v) is 7.38. The van der Waals surface area contributed by atoms with Crippen LogP contribution in [0.15, 0.2) is 41.6 Å². The van der Waals surface area contributed by atoms with Gasteiger partial charge in [-0.25, -0.2) is 4.98 Å². The lowest BCUT2D eigenvalue weighted by Crippen LogP contribution is -2.14. The molecule has 8 heteroatoms. The van der Waals surface area contributed by atoms with E-state index in [1.807, 2.05) is 24.5 Å². The second-order valence-corrected chi connectivity index (χ2v) is 5.25. The maximum atomic E-state index is 11.8. The quantitative estimate of drug-likeness (QED) is 0.485. The van der Waals surface area contributed by atoms with E-state index >= 15 is 0 Å². The molecule has 116 valence electrons. The summed E-state index contributed by atoms with van der Waals surface area (Å²) in [5.41, 5.74) is 2.40. The molecule has 3 aromatic heterocycles. The summed E-state index contributed by atoms with van der Waals surface area (Å²) in [5.74, 6) is 0.447. The smallest absolute Gasteiger partial charge is 0.263 e. The van der Waals surface area contributed by atoms with Crippen LogP contribution in [0.25, 0.3) is 22.1 Å². The van der Waals surface area contributed by atoms with E-state index in [4.69, 9.17) is 0 Å². The molecule has 0 unspecified atom stereocenters. The first kappa shape index (κ1) is 13.5. The largest absolute Gasteiger partial charge is 0.356 e. The van der Waals surface area contributed by atoms with Crippen LogP contribution in [-0.2, 0) is 6.54 Å². The molecule has 0 atom stereocenters. The average molecular weight is 309 g/mol. The predicted molar refractivity (Wildman–Crippen MR) is 87.3 cm³/mol. The standard InChI is InChI=1S/C15H15N7O/c23-14-10-8-18-21-13(10)19-15(20-14)16-6-3-7-22-9-17-11-4-1-2-5-12(11)22/h1-2,4-5,8-9H,3,6-7H2,(H3,16,18,19,20,21,23). The number of rotatable bonds is 5. The van der Waals surface area contributed by atoms with Gasteiger partial charge in [0.05, 0.1) is 23.6 Å². The Kier molecular flexibility index (Phi) is 3.26. The molecule has 1 aromatic carbocycles. The third-order valence-corrected chi connectivity index (χ3v) is 3.71. The molecular weight excluding hydrogens is 294 g/mol. The van der Waals surface area contributed by atoms with Crippen molar-refractivity contribution in [1.29, 1.82) is 0 Å². The Bertz CT molecular complexity index is 1010. The van der Waals surface area contributed by atoms with Crippen LogP contribution in [0.5, 0.6) is 0 Å². The van der Waals surface area contributed by atoms with Crippen molar-refractivity contribution in [3.8, 4) is 0 Å². The van der Waals surface area contributed by atoms with Crippen LogP contribution < -0.4 is 10.9 Å². The number of benzene rings is 1. The zero-order valence-electron chi connectivity index (χ0n) is 12.3. The Morgan fingerprint density at radius 3 is 3.13 bits per heavy atom. The predicted octanol–water partition coefficient (Wildman–Crippen LogP) is 1.50. The molecule has 0 aliphatic rings. The molecule has 3 heterocycles. The number of anilines is 1. The Hall–Kier alpha value is -3.16. The molecular formula is C15H15N7O. The van der Waals surface area contributed by atoms with E-state index in [0.29, 0.717) is 23.5 Å². The highest BCUT2D eigenvalue weighted by atomic mass is 16.1. The van der Waals surface area contributed by atoms with Crippen molar-refractivity contribution in [3.63, 3.8) is 0 Å². The van der Waals surface area contributed by atoms with E-state index in [9.17, 15) is 4.79 Å². The number of aromatic nitrogens is 6. The molecule has 0 saturated carbocycles. The number of aryl methyl sites for hydroxylation is 1. The molecule has 4 rings (SSSR count). The van der Waals surface area contributed by atoms with Crippen molar-refractivity contribution in [2.75, 3.05) is 11.9 Å². The Labute approximate surface area is 130 Å². The van der Waals surface area contributed by atoms with Crippen LogP contribution in [0, 0.1) is 0 Å². The summed E-state index contributed by atoms with van der Waals surface area (Å²) in [5, 5.41) is 10.1. The van der Waals surface area contributed by atoms with E-state index in [1.165, 1.54) is 6.20 Å². The summed E-state index contributed by atoms with van der Waals surface area (Å²) in [6.07, 6.45) is 4.20. The highest BCUT2D eigenvalue weighted by molar-refractivity contribution is 5.75. The van der Waals surface area contributed by atoms with E-state index in [2.05, 4.69) is 41.1 Å². The number of fused-ring (bicyclic) bond motifs is 2. The van der Waals surface area contributed by atoms with Crippen molar-refractivity contribution in [2.45, 2.75) is 13.0 Å². The van der Waals surface area contributed by atoms with E-state index in [0.717, 1.165) is 24.0 Å². The van der Waals surface area contributed by atoms with Crippen LogP contribution in [0.3, 0.4) is 0 Å². The number of hydrogen-bond acceptors (Lipinski definition) is 5. The molecule has 4 aromatic rings. The van der Waals surface area contributed by atoms with Gasteiger partial charge in [-0.3, -0.25) is 14.9 Å². The fourth-order valence-electron chi connectivity index (χ4n) is 2.57. The molecule has 3 N–H and O–H groups in total. The molecule has 0 fully saturated rings. The van der Waals surface area contributed by atoms with E-state index in [-0.39, 0.29) is 5.56 Å². The Balaban J connectivity index is 1.40. The minimum Gasteiger partial charge on any atom is -0.356 e. The number of nitrogens with zero attached hydrogens (tertiary/aromatic N) is 4. The SMILES string of the molecule is O=c1[nH]c(NCCCn2cnc3ccccc32)nc2[nH]ncc12. The van der Waals surface area contributed by atoms with Gasteiger partial charge in [-0.05, 0) is 18.6 Å². The highest BCUT2D eigenvalue weighted by Gasteiger charge is 2.05. The van der Waals surface area contributed by atoms with Gasteiger partial charge < -0.3 is 9.88 Å². The number of imidazole rings is 1.